The lowest BCUT2D eigenvalue weighted by Crippen LogP contribution is -2.15. The smallest absolute Gasteiger partial charge is 0.257 e. The minimum atomic E-state index is -0.756. The van der Waals surface area contributed by atoms with E-state index < -0.39 is 17.5 Å². The molecule has 0 saturated heterocycles. The van der Waals surface area contributed by atoms with Crippen molar-refractivity contribution in [3.63, 3.8) is 0 Å². The van der Waals surface area contributed by atoms with Crippen molar-refractivity contribution in [3.8, 4) is 0 Å². The Bertz CT molecular complexity index is 644. The fourth-order valence-electron chi connectivity index (χ4n) is 1.79. The fraction of sp³-hybridized carbons (Fsp3) is 0.143. The summed E-state index contributed by atoms with van der Waals surface area (Å²) in [5.74, 6) is -1.99. The van der Waals surface area contributed by atoms with Gasteiger partial charge in [0.05, 0.1) is 17.0 Å². The Balaban J connectivity index is 0.00000220. The molecule has 1 aromatic carbocycles. The molecule has 0 unspecified atom stereocenters. The summed E-state index contributed by atoms with van der Waals surface area (Å²) in [5, 5.41) is 2.43. The number of halogens is 3. The van der Waals surface area contributed by atoms with Crippen molar-refractivity contribution in [1.29, 1.82) is 0 Å². The van der Waals surface area contributed by atoms with Crippen molar-refractivity contribution < 1.29 is 13.6 Å². The summed E-state index contributed by atoms with van der Waals surface area (Å²) >= 11 is 0. The molecule has 2 aromatic rings. The van der Waals surface area contributed by atoms with E-state index >= 15 is 0 Å². The van der Waals surface area contributed by atoms with Gasteiger partial charge in [0.1, 0.15) is 11.6 Å². The Morgan fingerprint density at radius 2 is 1.86 bits per heavy atom. The van der Waals surface area contributed by atoms with Gasteiger partial charge in [0.2, 0.25) is 0 Å². The van der Waals surface area contributed by atoms with E-state index in [9.17, 15) is 13.6 Å². The summed E-state index contributed by atoms with van der Waals surface area (Å²) in [7, 11) is 0. The third-order valence-corrected chi connectivity index (χ3v) is 2.72. The molecule has 1 heterocycles. The van der Waals surface area contributed by atoms with Crippen molar-refractivity contribution in [1.82, 2.24) is 4.98 Å². The van der Waals surface area contributed by atoms with Gasteiger partial charge in [-0.2, -0.15) is 0 Å². The first kappa shape index (κ1) is 17.0. The van der Waals surface area contributed by atoms with Crippen LogP contribution < -0.4 is 11.1 Å². The number of carbonyl (C=O) groups excluding carboxylic acids is 1. The number of anilines is 1. The van der Waals surface area contributed by atoms with Gasteiger partial charge in [0.25, 0.3) is 5.91 Å². The molecule has 0 bridgehead atoms. The number of hydrogen-bond donors (Lipinski definition) is 2. The molecule has 1 amide bonds. The number of rotatable bonds is 3. The lowest BCUT2D eigenvalue weighted by Gasteiger charge is -2.08. The van der Waals surface area contributed by atoms with Gasteiger partial charge in [0, 0.05) is 18.3 Å². The van der Waals surface area contributed by atoms with Crippen LogP contribution in [0.4, 0.5) is 14.5 Å². The molecular weight excluding hydrogens is 300 g/mol. The van der Waals surface area contributed by atoms with Crippen LogP contribution in [0.1, 0.15) is 21.7 Å². The second-order valence-electron chi connectivity index (χ2n) is 4.25. The maximum atomic E-state index is 13.0. The van der Waals surface area contributed by atoms with Gasteiger partial charge in [-0.15, -0.1) is 12.4 Å². The third-order valence-electron chi connectivity index (χ3n) is 2.72. The monoisotopic (exact) mass is 313 g/mol. The third kappa shape index (κ3) is 4.21. The SMILES string of the molecule is Cc1nc(CN)ccc1C(=O)Nc1cc(F)cc(F)c1.Cl. The van der Waals surface area contributed by atoms with E-state index in [2.05, 4.69) is 10.3 Å². The van der Waals surface area contributed by atoms with Crippen LogP contribution in [0.15, 0.2) is 30.3 Å². The standard InChI is InChI=1S/C14H13F2N3O.ClH/c1-8-13(3-2-11(7-17)18-8)14(20)19-12-5-9(15)4-10(16)6-12;/h2-6H,7,17H2,1H3,(H,19,20);1H. The van der Waals surface area contributed by atoms with Crippen LogP contribution >= 0.6 is 12.4 Å². The van der Waals surface area contributed by atoms with Crippen molar-refractivity contribution in [3.05, 3.63) is 58.9 Å². The first-order valence-corrected chi connectivity index (χ1v) is 5.93. The van der Waals surface area contributed by atoms with Crippen molar-refractivity contribution in [2.75, 3.05) is 5.32 Å². The molecule has 0 aliphatic heterocycles. The van der Waals surface area contributed by atoms with E-state index in [1.807, 2.05) is 0 Å². The Kier molecular flexibility index (Phi) is 5.75. The van der Waals surface area contributed by atoms with E-state index in [1.165, 1.54) is 0 Å². The zero-order valence-electron chi connectivity index (χ0n) is 11.2. The van der Waals surface area contributed by atoms with Gasteiger partial charge in [-0.1, -0.05) is 0 Å². The predicted molar refractivity (Wildman–Crippen MR) is 78.4 cm³/mol. The molecule has 0 fully saturated rings. The van der Waals surface area contributed by atoms with Crippen molar-refractivity contribution >= 4 is 24.0 Å². The highest BCUT2D eigenvalue weighted by molar-refractivity contribution is 6.04. The van der Waals surface area contributed by atoms with Gasteiger partial charge in [-0.05, 0) is 31.2 Å². The molecule has 0 atom stereocenters. The molecule has 0 aliphatic rings. The molecule has 0 aliphatic carbocycles. The number of nitrogens with one attached hydrogen (secondary N) is 1. The summed E-state index contributed by atoms with van der Waals surface area (Å²) in [6.07, 6.45) is 0. The highest BCUT2D eigenvalue weighted by Gasteiger charge is 2.12. The first-order chi connectivity index (χ1) is 9.49. The van der Waals surface area contributed by atoms with Crippen LogP contribution in [0.2, 0.25) is 0 Å². The zero-order chi connectivity index (χ0) is 14.7. The van der Waals surface area contributed by atoms with Gasteiger partial charge in [-0.3, -0.25) is 9.78 Å². The number of aromatic nitrogens is 1. The number of pyridine rings is 1. The van der Waals surface area contributed by atoms with Crippen molar-refractivity contribution in [2.45, 2.75) is 13.5 Å². The lowest BCUT2D eigenvalue weighted by atomic mass is 10.1. The lowest BCUT2D eigenvalue weighted by molar-refractivity contribution is 0.102. The van der Waals surface area contributed by atoms with Crippen LogP contribution in [0.3, 0.4) is 0 Å². The molecule has 1 aromatic heterocycles. The highest BCUT2D eigenvalue weighted by Crippen LogP contribution is 2.15. The average molecular weight is 314 g/mol. The fourth-order valence-corrected chi connectivity index (χ4v) is 1.79. The molecule has 0 saturated carbocycles. The van der Waals surface area contributed by atoms with Crippen molar-refractivity contribution in [2.24, 2.45) is 5.73 Å². The molecule has 4 nitrogen and oxygen atoms in total. The number of benzene rings is 1. The summed E-state index contributed by atoms with van der Waals surface area (Å²) < 4.78 is 26.1. The summed E-state index contributed by atoms with van der Waals surface area (Å²) in [4.78, 5) is 16.2. The number of aryl methyl sites for hydroxylation is 1. The van der Waals surface area contributed by atoms with Crippen LogP contribution in [-0.2, 0) is 6.54 Å². The summed E-state index contributed by atoms with van der Waals surface area (Å²) in [6, 6.07) is 6.03. The van der Waals surface area contributed by atoms with E-state index in [1.54, 1.807) is 19.1 Å². The molecule has 21 heavy (non-hydrogen) atoms. The Hall–Kier alpha value is -2.05. The molecule has 0 radical (unpaired) electrons. The predicted octanol–water partition coefficient (Wildman–Crippen LogP) is 2.80. The normalized spacial score (nSPS) is 9.90. The van der Waals surface area contributed by atoms with Crippen LogP contribution in [-0.4, -0.2) is 10.9 Å². The molecule has 3 N–H and O–H groups in total. The number of nitrogens with zero attached hydrogens (tertiary/aromatic N) is 1. The first-order valence-electron chi connectivity index (χ1n) is 5.93. The number of hydrogen-bond acceptors (Lipinski definition) is 3. The minimum Gasteiger partial charge on any atom is -0.325 e. The van der Waals surface area contributed by atoms with E-state index in [0.29, 0.717) is 17.0 Å². The van der Waals surface area contributed by atoms with Gasteiger partial charge in [-0.25, -0.2) is 8.78 Å². The van der Waals surface area contributed by atoms with Gasteiger partial charge >= 0.3 is 0 Å². The average Bonchev–Trinajstić information content (AvgIpc) is 2.36. The summed E-state index contributed by atoms with van der Waals surface area (Å²) in [6.45, 7) is 1.94. The largest absolute Gasteiger partial charge is 0.325 e. The molecular formula is C14H14ClF2N3O. The molecule has 2 rings (SSSR count). The number of nitrogens with two attached hydrogens (primary N) is 1. The molecule has 7 heteroatoms. The van der Waals surface area contributed by atoms with Crippen LogP contribution in [0, 0.1) is 18.6 Å². The van der Waals surface area contributed by atoms with Crippen LogP contribution in [0.5, 0.6) is 0 Å². The second kappa shape index (κ2) is 7.10. The maximum absolute atomic E-state index is 13.0. The second-order valence-corrected chi connectivity index (χ2v) is 4.25. The van der Waals surface area contributed by atoms with E-state index in [-0.39, 0.29) is 24.6 Å². The van der Waals surface area contributed by atoms with Gasteiger partial charge < -0.3 is 11.1 Å². The number of carbonyl (C=O) groups is 1. The molecule has 112 valence electrons. The Labute approximate surface area is 126 Å². The van der Waals surface area contributed by atoms with E-state index in [0.717, 1.165) is 18.2 Å². The van der Waals surface area contributed by atoms with E-state index in [4.69, 9.17) is 5.73 Å². The maximum Gasteiger partial charge on any atom is 0.257 e. The summed E-state index contributed by atoms with van der Waals surface area (Å²) in [5.41, 5.74) is 7.00. The Morgan fingerprint density at radius 1 is 1.24 bits per heavy atom. The number of amides is 1. The van der Waals surface area contributed by atoms with Gasteiger partial charge in [0.15, 0.2) is 0 Å². The van der Waals surface area contributed by atoms with Crippen LogP contribution in [0.25, 0.3) is 0 Å². The molecule has 0 spiro atoms. The highest BCUT2D eigenvalue weighted by atomic mass is 35.5. The minimum absolute atomic E-state index is 0. The quantitative estimate of drug-likeness (QED) is 0.915. The Morgan fingerprint density at radius 3 is 2.38 bits per heavy atom. The topological polar surface area (TPSA) is 68.0 Å². The zero-order valence-corrected chi connectivity index (χ0v) is 12.0.